The fraction of sp³-hybridized carbons (Fsp3) is 0.640. The summed E-state index contributed by atoms with van der Waals surface area (Å²) in [4.78, 5) is 35.5. The Morgan fingerprint density at radius 2 is 1.69 bits per heavy atom. The molecule has 0 aromatic carbocycles. The number of amides is 1. The van der Waals surface area contributed by atoms with E-state index in [0.717, 1.165) is 44.5 Å². The van der Waals surface area contributed by atoms with Crippen LogP contribution in [-0.4, -0.2) is 89.5 Å². The first-order chi connectivity index (χ1) is 19.9. The molecule has 232 valence electrons. The van der Waals surface area contributed by atoms with Gasteiger partial charge in [-0.3, -0.25) is 9.59 Å². The van der Waals surface area contributed by atoms with Crippen molar-refractivity contribution < 1.29 is 35.9 Å². The van der Waals surface area contributed by atoms with Gasteiger partial charge < -0.3 is 25.2 Å². The summed E-state index contributed by atoms with van der Waals surface area (Å²) in [7, 11) is 0. The molecule has 2 saturated heterocycles. The highest BCUT2D eigenvalue weighted by Gasteiger charge is 2.38. The van der Waals surface area contributed by atoms with Gasteiger partial charge in [0, 0.05) is 44.6 Å². The van der Waals surface area contributed by atoms with E-state index in [-0.39, 0.29) is 37.4 Å². The van der Waals surface area contributed by atoms with E-state index in [1.807, 2.05) is 5.10 Å². The molecule has 42 heavy (non-hydrogen) atoms. The van der Waals surface area contributed by atoms with E-state index in [0.29, 0.717) is 32.6 Å². The molecule has 2 aromatic heterocycles. The van der Waals surface area contributed by atoms with E-state index in [9.17, 15) is 35.9 Å². The summed E-state index contributed by atoms with van der Waals surface area (Å²) < 4.78 is 84.6. The van der Waals surface area contributed by atoms with E-state index in [4.69, 9.17) is 4.74 Å². The van der Waals surface area contributed by atoms with Crippen LogP contribution in [0.5, 0.6) is 0 Å². The van der Waals surface area contributed by atoms with E-state index in [1.54, 1.807) is 9.80 Å². The van der Waals surface area contributed by atoms with Crippen LogP contribution in [0.15, 0.2) is 23.4 Å². The molecule has 0 spiro atoms. The highest BCUT2D eigenvalue weighted by molar-refractivity contribution is 5.76. The maximum Gasteiger partial charge on any atom is 0.423 e. The third-order valence-electron chi connectivity index (χ3n) is 7.24. The molecule has 2 aromatic rings. The molecule has 2 aliphatic rings. The Morgan fingerprint density at radius 3 is 2.31 bits per heavy atom. The lowest BCUT2D eigenvalue weighted by Gasteiger charge is -2.34. The fourth-order valence-corrected chi connectivity index (χ4v) is 5.03. The number of ether oxygens (including phenoxy) is 1. The van der Waals surface area contributed by atoms with E-state index < -0.39 is 40.8 Å². The third-order valence-corrected chi connectivity index (χ3v) is 7.24. The molecule has 17 heteroatoms. The van der Waals surface area contributed by atoms with Gasteiger partial charge in [0.05, 0.1) is 37.1 Å². The number of carbonyl (C=O) groups excluding carboxylic acids is 1. The van der Waals surface area contributed by atoms with Crippen LogP contribution in [0.2, 0.25) is 0 Å². The van der Waals surface area contributed by atoms with Crippen LogP contribution in [0.25, 0.3) is 0 Å². The number of hydrogen-bond acceptors (Lipinski definition) is 9. The molecule has 4 heterocycles. The first-order valence-corrected chi connectivity index (χ1v) is 13.5. The number of rotatable bonds is 10. The summed E-state index contributed by atoms with van der Waals surface area (Å²) >= 11 is 0. The quantitative estimate of drug-likeness (QED) is 0.276. The molecular formula is C25H32F6N8O3. The largest absolute Gasteiger partial charge is 0.423 e. The van der Waals surface area contributed by atoms with Gasteiger partial charge in [0.2, 0.25) is 11.9 Å². The summed E-state index contributed by atoms with van der Waals surface area (Å²) in [5.41, 5.74) is -4.07. The van der Waals surface area contributed by atoms with Crippen LogP contribution in [0.4, 0.5) is 38.0 Å². The maximum absolute atomic E-state index is 13.5. The Bertz CT molecular complexity index is 1230. The molecule has 1 atom stereocenters. The van der Waals surface area contributed by atoms with Gasteiger partial charge in [0.1, 0.15) is 5.56 Å². The van der Waals surface area contributed by atoms with Crippen LogP contribution in [0.3, 0.4) is 0 Å². The van der Waals surface area contributed by atoms with Gasteiger partial charge in [-0.1, -0.05) is 0 Å². The zero-order valence-electron chi connectivity index (χ0n) is 22.6. The molecule has 0 aliphatic carbocycles. The smallest absolute Gasteiger partial charge is 0.379 e. The number of H-pyrrole nitrogens is 1. The number of nitrogens with zero attached hydrogens (tertiary/aromatic N) is 5. The molecule has 11 nitrogen and oxygen atoms in total. The van der Waals surface area contributed by atoms with Crippen molar-refractivity contribution in [2.45, 2.75) is 44.1 Å². The number of piperazine rings is 1. The molecule has 2 aliphatic heterocycles. The Balaban J connectivity index is 1.27. The number of hydrogen-bond donors (Lipinski definition) is 3. The van der Waals surface area contributed by atoms with E-state index in [1.165, 1.54) is 0 Å². The van der Waals surface area contributed by atoms with E-state index >= 15 is 0 Å². The first-order valence-electron chi connectivity index (χ1n) is 13.5. The van der Waals surface area contributed by atoms with Gasteiger partial charge >= 0.3 is 12.4 Å². The lowest BCUT2D eigenvalue weighted by atomic mass is 9.91. The number of anilines is 2. The second-order valence-electron chi connectivity index (χ2n) is 10.2. The molecule has 0 saturated carbocycles. The van der Waals surface area contributed by atoms with Crippen molar-refractivity contribution in [1.29, 1.82) is 0 Å². The summed E-state index contributed by atoms with van der Waals surface area (Å²) in [5.74, 6) is 0.197. The van der Waals surface area contributed by atoms with Crippen molar-refractivity contribution in [3.63, 3.8) is 0 Å². The molecule has 3 N–H and O–H groups in total. The average Bonchev–Trinajstić information content (AvgIpc) is 2.95. The molecule has 1 amide bonds. The van der Waals surface area contributed by atoms with Gasteiger partial charge in [-0.15, -0.1) is 0 Å². The minimum Gasteiger partial charge on any atom is -0.379 e. The molecule has 0 unspecified atom stereocenters. The number of alkyl halides is 6. The Hall–Kier alpha value is -3.47. The second-order valence-corrected chi connectivity index (χ2v) is 10.2. The molecule has 0 bridgehead atoms. The lowest BCUT2D eigenvalue weighted by molar-refractivity contribution is -0.139. The average molecular weight is 607 g/mol. The predicted octanol–water partition coefficient (Wildman–Crippen LogP) is 2.52. The van der Waals surface area contributed by atoms with Crippen molar-refractivity contribution in [2.24, 2.45) is 5.92 Å². The highest BCUT2D eigenvalue weighted by atomic mass is 19.4. The molecule has 4 rings (SSSR count). The van der Waals surface area contributed by atoms with Gasteiger partial charge in [0.25, 0.3) is 5.56 Å². The number of aromatic nitrogens is 4. The van der Waals surface area contributed by atoms with Crippen molar-refractivity contribution in [3.05, 3.63) is 40.1 Å². The standard InChI is InChI=1S/C25H32F6N8O3/c26-24(27,28)17-12-33-23(34-13-17)39-8-6-38(7-9-39)20(40)3-10-42-15-18(11-16-1-4-32-5-2-16)36-19-14-35-37-22(41)21(19)25(29,30)31/h12-14,16,18,32H,1-11,15H2,(H2,36,37,41)/t18-/m0/s1. The highest BCUT2D eigenvalue weighted by Crippen LogP contribution is 2.32. The van der Waals surface area contributed by atoms with E-state index in [2.05, 4.69) is 25.7 Å². The summed E-state index contributed by atoms with van der Waals surface area (Å²) in [6.45, 7) is 2.96. The van der Waals surface area contributed by atoms with Crippen molar-refractivity contribution in [3.8, 4) is 0 Å². The number of aromatic amines is 1. The number of piperidine rings is 1. The monoisotopic (exact) mass is 606 g/mol. The normalized spacial score (nSPS) is 17.8. The molecule has 2 fully saturated rings. The zero-order chi connectivity index (χ0) is 30.3. The Kier molecular flexibility index (Phi) is 10.2. The Morgan fingerprint density at radius 1 is 1.02 bits per heavy atom. The number of nitrogens with one attached hydrogen (secondary N) is 3. The molecular weight excluding hydrogens is 574 g/mol. The Labute approximate surface area is 237 Å². The number of halogens is 6. The molecule has 0 radical (unpaired) electrons. The van der Waals surface area contributed by atoms with Gasteiger partial charge in [-0.05, 0) is 38.3 Å². The summed E-state index contributed by atoms with van der Waals surface area (Å²) in [6, 6.07) is -0.555. The van der Waals surface area contributed by atoms with Crippen LogP contribution < -0.4 is 21.1 Å². The van der Waals surface area contributed by atoms with Crippen LogP contribution in [-0.2, 0) is 21.9 Å². The number of carbonyl (C=O) groups is 1. The summed E-state index contributed by atoms with van der Waals surface area (Å²) in [5, 5.41) is 11.4. The van der Waals surface area contributed by atoms with Crippen molar-refractivity contribution in [1.82, 2.24) is 30.4 Å². The third kappa shape index (κ3) is 8.53. The zero-order valence-corrected chi connectivity index (χ0v) is 22.6. The SMILES string of the molecule is O=C(CCOC[C@H](CC1CCNCC1)Nc1cn[nH]c(=O)c1C(F)(F)F)N1CCN(c2ncc(C(F)(F)F)cn2)CC1. The van der Waals surface area contributed by atoms with Crippen LogP contribution in [0, 0.1) is 5.92 Å². The van der Waals surface area contributed by atoms with Gasteiger partial charge in [-0.25, -0.2) is 15.1 Å². The minimum absolute atomic E-state index is 0.0142. The van der Waals surface area contributed by atoms with Crippen LogP contribution >= 0.6 is 0 Å². The maximum atomic E-state index is 13.5. The van der Waals surface area contributed by atoms with Crippen molar-refractivity contribution >= 4 is 17.5 Å². The van der Waals surface area contributed by atoms with Crippen LogP contribution in [0.1, 0.15) is 36.8 Å². The topological polar surface area (TPSA) is 128 Å². The first kappa shape index (κ1) is 31.5. The summed E-state index contributed by atoms with van der Waals surface area (Å²) in [6.07, 6.45) is -4.79. The minimum atomic E-state index is -4.88. The van der Waals surface area contributed by atoms with Crippen molar-refractivity contribution in [2.75, 3.05) is 62.7 Å². The fourth-order valence-electron chi connectivity index (χ4n) is 5.03. The van der Waals surface area contributed by atoms with Gasteiger partial charge in [-0.2, -0.15) is 31.4 Å². The van der Waals surface area contributed by atoms with Gasteiger partial charge in [0.15, 0.2) is 0 Å². The predicted molar refractivity (Wildman–Crippen MR) is 139 cm³/mol. The second kappa shape index (κ2) is 13.7. The lowest BCUT2D eigenvalue weighted by Crippen LogP contribution is -2.49.